The Morgan fingerprint density at radius 2 is 2.35 bits per heavy atom. The van der Waals surface area contributed by atoms with Gasteiger partial charge in [-0.25, -0.2) is 4.79 Å². The Kier molecular flexibility index (Phi) is 6.45. The number of carbonyl (C=O) groups excluding carboxylic acids is 1. The SMILES string of the molecule is CCCN(C[C@@H]1CCCCO1)C(=O)N[C@@H](C)c1cn(C)nc1C. The summed E-state index contributed by atoms with van der Waals surface area (Å²) in [5.41, 5.74) is 2.02. The van der Waals surface area contributed by atoms with Crippen molar-refractivity contribution in [1.29, 1.82) is 0 Å². The van der Waals surface area contributed by atoms with Crippen LogP contribution in [0.5, 0.6) is 0 Å². The molecule has 1 aliphatic heterocycles. The number of hydrogen-bond acceptors (Lipinski definition) is 3. The zero-order valence-electron chi connectivity index (χ0n) is 14.8. The number of hydrogen-bond donors (Lipinski definition) is 1. The quantitative estimate of drug-likeness (QED) is 0.876. The molecule has 1 aromatic rings. The molecule has 0 bridgehead atoms. The van der Waals surface area contributed by atoms with Gasteiger partial charge >= 0.3 is 6.03 Å². The van der Waals surface area contributed by atoms with E-state index in [-0.39, 0.29) is 18.2 Å². The van der Waals surface area contributed by atoms with Crippen LogP contribution < -0.4 is 5.32 Å². The summed E-state index contributed by atoms with van der Waals surface area (Å²) >= 11 is 0. The molecule has 1 fully saturated rings. The van der Waals surface area contributed by atoms with E-state index in [1.807, 2.05) is 32.0 Å². The number of ether oxygens (including phenoxy) is 1. The van der Waals surface area contributed by atoms with Crippen molar-refractivity contribution < 1.29 is 9.53 Å². The van der Waals surface area contributed by atoms with Gasteiger partial charge in [-0.15, -0.1) is 0 Å². The Bertz CT molecular complexity index is 509. The first-order valence-corrected chi connectivity index (χ1v) is 8.68. The molecule has 1 aliphatic rings. The summed E-state index contributed by atoms with van der Waals surface area (Å²) in [7, 11) is 1.90. The third kappa shape index (κ3) is 4.96. The largest absolute Gasteiger partial charge is 0.376 e. The number of nitrogens with one attached hydrogen (secondary N) is 1. The molecule has 1 N–H and O–H groups in total. The van der Waals surface area contributed by atoms with Crippen LogP contribution in [0, 0.1) is 6.92 Å². The fraction of sp³-hybridized carbons (Fsp3) is 0.765. The molecule has 0 radical (unpaired) electrons. The van der Waals surface area contributed by atoms with Crippen LogP contribution >= 0.6 is 0 Å². The highest BCUT2D eigenvalue weighted by Crippen LogP contribution is 2.17. The molecule has 2 rings (SSSR count). The number of urea groups is 1. The van der Waals surface area contributed by atoms with Crippen LogP contribution in [0.4, 0.5) is 4.79 Å². The third-order valence-electron chi connectivity index (χ3n) is 4.34. The van der Waals surface area contributed by atoms with Gasteiger partial charge in [-0.2, -0.15) is 5.10 Å². The van der Waals surface area contributed by atoms with E-state index in [9.17, 15) is 4.79 Å². The first-order chi connectivity index (χ1) is 11.0. The van der Waals surface area contributed by atoms with Crippen LogP contribution in [-0.2, 0) is 11.8 Å². The van der Waals surface area contributed by atoms with Crippen LogP contribution in [0.2, 0.25) is 0 Å². The fourth-order valence-electron chi connectivity index (χ4n) is 3.14. The zero-order chi connectivity index (χ0) is 16.8. The smallest absolute Gasteiger partial charge is 0.317 e. The highest BCUT2D eigenvalue weighted by atomic mass is 16.5. The van der Waals surface area contributed by atoms with E-state index in [2.05, 4.69) is 17.3 Å². The van der Waals surface area contributed by atoms with Crippen molar-refractivity contribution in [2.24, 2.45) is 7.05 Å². The predicted molar refractivity (Wildman–Crippen MR) is 90.3 cm³/mol. The molecule has 6 heteroatoms. The Hall–Kier alpha value is -1.56. The van der Waals surface area contributed by atoms with E-state index in [1.165, 1.54) is 6.42 Å². The van der Waals surface area contributed by atoms with Crippen LogP contribution in [0.15, 0.2) is 6.20 Å². The minimum Gasteiger partial charge on any atom is -0.376 e. The van der Waals surface area contributed by atoms with Gasteiger partial charge in [0.25, 0.3) is 0 Å². The maximum atomic E-state index is 12.6. The van der Waals surface area contributed by atoms with E-state index in [4.69, 9.17) is 4.74 Å². The van der Waals surface area contributed by atoms with Crippen LogP contribution in [0.25, 0.3) is 0 Å². The molecule has 0 spiro atoms. The van der Waals surface area contributed by atoms with Gasteiger partial charge in [0.05, 0.1) is 17.8 Å². The lowest BCUT2D eigenvalue weighted by Crippen LogP contribution is -2.46. The first-order valence-electron chi connectivity index (χ1n) is 8.68. The predicted octanol–water partition coefficient (Wildman–Crippen LogP) is 2.78. The number of carbonyl (C=O) groups is 1. The van der Waals surface area contributed by atoms with E-state index in [0.717, 1.165) is 43.7 Å². The number of nitrogens with zero attached hydrogens (tertiary/aromatic N) is 3. The van der Waals surface area contributed by atoms with Crippen LogP contribution in [-0.4, -0.2) is 46.5 Å². The van der Waals surface area contributed by atoms with Crippen molar-refractivity contribution in [2.75, 3.05) is 19.7 Å². The highest BCUT2D eigenvalue weighted by Gasteiger charge is 2.23. The molecule has 2 heterocycles. The summed E-state index contributed by atoms with van der Waals surface area (Å²) < 4.78 is 7.57. The maximum absolute atomic E-state index is 12.6. The van der Waals surface area contributed by atoms with Crippen LogP contribution in [0.3, 0.4) is 0 Å². The summed E-state index contributed by atoms with van der Waals surface area (Å²) in [5.74, 6) is 0. The van der Waals surface area contributed by atoms with Crippen molar-refractivity contribution in [2.45, 2.75) is 58.6 Å². The Morgan fingerprint density at radius 3 is 2.91 bits per heavy atom. The van der Waals surface area contributed by atoms with Gasteiger partial charge < -0.3 is 15.0 Å². The Morgan fingerprint density at radius 1 is 1.57 bits per heavy atom. The topological polar surface area (TPSA) is 59.4 Å². The second kappa shape index (κ2) is 8.34. The lowest BCUT2D eigenvalue weighted by Gasteiger charge is -2.30. The van der Waals surface area contributed by atoms with Gasteiger partial charge in [-0.1, -0.05) is 6.92 Å². The molecular formula is C17H30N4O2. The van der Waals surface area contributed by atoms with Gasteiger partial charge in [0.2, 0.25) is 0 Å². The molecule has 1 saturated heterocycles. The lowest BCUT2D eigenvalue weighted by molar-refractivity contribution is 0.000565. The normalized spacial score (nSPS) is 19.4. The maximum Gasteiger partial charge on any atom is 0.317 e. The average molecular weight is 322 g/mol. The summed E-state index contributed by atoms with van der Waals surface area (Å²) in [6.07, 6.45) is 6.46. The Labute approximate surface area is 139 Å². The number of amides is 2. The molecule has 2 atom stereocenters. The number of aryl methyl sites for hydroxylation is 2. The highest BCUT2D eigenvalue weighted by molar-refractivity contribution is 5.74. The van der Waals surface area contributed by atoms with Gasteiger partial charge in [-0.05, 0) is 39.5 Å². The molecule has 0 aliphatic carbocycles. The average Bonchev–Trinajstić information content (AvgIpc) is 2.86. The van der Waals surface area contributed by atoms with Crippen molar-refractivity contribution in [1.82, 2.24) is 20.0 Å². The molecule has 0 unspecified atom stereocenters. The van der Waals surface area contributed by atoms with E-state index in [0.29, 0.717) is 6.54 Å². The van der Waals surface area contributed by atoms with Gasteiger partial charge in [0, 0.05) is 38.5 Å². The van der Waals surface area contributed by atoms with Crippen molar-refractivity contribution >= 4 is 6.03 Å². The van der Waals surface area contributed by atoms with Crippen molar-refractivity contribution in [3.8, 4) is 0 Å². The van der Waals surface area contributed by atoms with E-state index in [1.54, 1.807) is 4.68 Å². The second-order valence-corrected chi connectivity index (χ2v) is 6.45. The summed E-state index contributed by atoms with van der Waals surface area (Å²) in [4.78, 5) is 14.5. The number of rotatable bonds is 6. The monoisotopic (exact) mass is 322 g/mol. The summed E-state index contributed by atoms with van der Waals surface area (Å²) in [5, 5.41) is 7.45. The molecule has 23 heavy (non-hydrogen) atoms. The van der Waals surface area contributed by atoms with Crippen molar-refractivity contribution in [3.63, 3.8) is 0 Å². The minimum atomic E-state index is -0.0529. The molecule has 0 aromatic carbocycles. The Balaban J connectivity index is 1.95. The second-order valence-electron chi connectivity index (χ2n) is 6.45. The lowest BCUT2D eigenvalue weighted by atomic mass is 10.1. The molecule has 2 amide bonds. The molecular weight excluding hydrogens is 292 g/mol. The van der Waals surface area contributed by atoms with E-state index < -0.39 is 0 Å². The third-order valence-corrected chi connectivity index (χ3v) is 4.34. The standard InChI is InChI=1S/C17H30N4O2/c1-5-9-21(11-15-8-6-7-10-23-15)17(22)18-13(2)16-12-20(4)19-14(16)3/h12-13,15H,5-11H2,1-4H3,(H,18,22)/t13-,15-/m0/s1. The minimum absolute atomic E-state index is 0.0169. The van der Waals surface area contributed by atoms with Crippen LogP contribution in [0.1, 0.15) is 56.8 Å². The fourth-order valence-corrected chi connectivity index (χ4v) is 3.14. The molecule has 6 nitrogen and oxygen atoms in total. The summed E-state index contributed by atoms with van der Waals surface area (Å²) in [6, 6.07) is -0.0698. The number of aromatic nitrogens is 2. The molecule has 0 saturated carbocycles. The molecule has 130 valence electrons. The van der Waals surface area contributed by atoms with Gasteiger partial charge in [0.1, 0.15) is 0 Å². The van der Waals surface area contributed by atoms with Gasteiger partial charge in [-0.3, -0.25) is 4.68 Å². The zero-order valence-corrected chi connectivity index (χ0v) is 14.8. The van der Waals surface area contributed by atoms with Crippen molar-refractivity contribution in [3.05, 3.63) is 17.5 Å². The first kappa shape index (κ1) is 17.8. The van der Waals surface area contributed by atoms with E-state index >= 15 is 0 Å². The molecule has 1 aromatic heterocycles. The van der Waals surface area contributed by atoms with Gasteiger partial charge in [0.15, 0.2) is 0 Å². The summed E-state index contributed by atoms with van der Waals surface area (Å²) in [6.45, 7) is 8.32.